The Morgan fingerprint density at radius 3 is 2.48 bits per heavy atom. The molecule has 10 heteroatoms. The first-order valence-electron chi connectivity index (χ1n) is 6.49. The Labute approximate surface area is 146 Å². The zero-order valence-electron chi connectivity index (χ0n) is 12.5. The molecule has 1 N–H and O–H groups in total. The Morgan fingerprint density at radius 1 is 1.24 bits per heavy atom. The van der Waals surface area contributed by atoms with Gasteiger partial charge in [-0.05, 0) is 24.3 Å². The van der Waals surface area contributed by atoms with E-state index in [0.29, 0.717) is 12.1 Å². The van der Waals surface area contributed by atoms with E-state index in [1.165, 1.54) is 6.07 Å². The van der Waals surface area contributed by atoms with Crippen LogP contribution in [0.4, 0.5) is 14.5 Å². The highest BCUT2D eigenvalue weighted by molar-refractivity contribution is 7.92. The van der Waals surface area contributed by atoms with E-state index < -0.39 is 38.9 Å². The summed E-state index contributed by atoms with van der Waals surface area (Å²) in [5.41, 5.74) is -1.23. The number of rotatable bonds is 4. The van der Waals surface area contributed by atoms with Crippen LogP contribution in [0.15, 0.2) is 35.2 Å². The molecule has 0 saturated heterocycles. The second-order valence-electron chi connectivity index (χ2n) is 4.66. The Kier molecular flexibility index (Phi) is 5.25. The topological polar surface area (TPSA) is 96.3 Å². The molecule has 0 aliphatic heterocycles. The molecule has 0 aliphatic rings. The fourth-order valence-corrected chi connectivity index (χ4v) is 3.22. The number of methoxy groups -OCH3 is 1. The van der Waals surface area contributed by atoms with Crippen LogP contribution < -0.4 is 4.72 Å². The maximum atomic E-state index is 13.9. The Morgan fingerprint density at radius 2 is 1.92 bits per heavy atom. The van der Waals surface area contributed by atoms with Gasteiger partial charge in [0.15, 0.2) is 0 Å². The lowest BCUT2D eigenvalue weighted by atomic mass is 10.2. The summed E-state index contributed by atoms with van der Waals surface area (Å²) in [5, 5.41) is 8.68. The summed E-state index contributed by atoms with van der Waals surface area (Å²) in [6.45, 7) is 0. The van der Waals surface area contributed by atoms with Gasteiger partial charge in [0.1, 0.15) is 17.7 Å². The number of benzene rings is 2. The lowest BCUT2D eigenvalue weighted by molar-refractivity contribution is 0.0595. The van der Waals surface area contributed by atoms with Gasteiger partial charge in [0, 0.05) is 6.07 Å². The maximum absolute atomic E-state index is 13.9. The zero-order chi connectivity index (χ0) is 18.8. The number of carbonyl (C=O) groups excluding carboxylic acids is 1. The number of anilines is 1. The van der Waals surface area contributed by atoms with Crippen molar-refractivity contribution in [2.75, 3.05) is 11.8 Å². The van der Waals surface area contributed by atoms with Crippen molar-refractivity contribution in [1.82, 2.24) is 0 Å². The molecule has 0 atom stereocenters. The number of hydrogen-bond acceptors (Lipinski definition) is 5. The molecule has 2 aromatic carbocycles. The van der Waals surface area contributed by atoms with Crippen LogP contribution in [0.3, 0.4) is 0 Å². The molecule has 0 spiro atoms. The highest BCUT2D eigenvalue weighted by Gasteiger charge is 2.21. The normalized spacial score (nSPS) is 10.8. The van der Waals surface area contributed by atoms with E-state index in [9.17, 15) is 22.0 Å². The number of nitriles is 1. The van der Waals surface area contributed by atoms with Gasteiger partial charge in [0.2, 0.25) is 0 Å². The maximum Gasteiger partial charge on any atom is 0.340 e. The molecular formula is C15H9ClF2N2O4S. The molecule has 0 saturated carbocycles. The Balaban J connectivity index is 2.46. The minimum absolute atomic E-state index is 0.0570. The molecule has 0 aromatic heterocycles. The molecule has 130 valence electrons. The van der Waals surface area contributed by atoms with Gasteiger partial charge in [0.25, 0.3) is 10.0 Å². The minimum Gasteiger partial charge on any atom is -0.465 e. The first-order chi connectivity index (χ1) is 11.7. The molecule has 0 bridgehead atoms. The van der Waals surface area contributed by atoms with E-state index >= 15 is 0 Å². The predicted octanol–water partition coefficient (Wildman–Crippen LogP) is 3.08. The van der Waals surface area contributed by atoms with Crippen LogP contribution in [0.5, 0.6) is 0 Å². The van der Waals surface area contributed by atoms with Gasteiger partial charge in [0.05, 0.1) is 33.8 Å². The summed E-state index contributed by atoms with van der Waals surface area (Å²) in [4.78, 5) is 11.1. The van der Waals surface area contributed by atoms with E-state index in [0.717, 1.165) is 19.2 Å². The van der Waals surface area contributed by atoms with Crippen molar-refractivity contribution < 1.29 is 26.7 Å². The Hall–Kier alpha value is -2.70. The first-order valence-corrected chi connectivity index (χ1v) is 8.35. The van der Waals surface area contributed by atoms with Crippen LogP contribution in [-0.4, -0.2) is 21.5 Å². The summed E-state index contributed by atoms with van der Waals surface area (Å²) in [6.07, 6.45) is 0. The van der Waals surface area contributed by atoms with Crippen molar-refractivity contribution >= 4 is 33.3 Å². The second kappa shape index (κ2) is 7.04. The van der Waals surface area contributed by atoms with Crippen LogP contribution in [0.25, 0.3) is 0 Å². The number of hydrogen-bond donors (Lipinski definition) is 1. The standard InChI is InChI=1S/C15H9ClF2N2O4S/c1-24-15(21)10-5-14(13(18)6-12(10)17)20-25(22,23)9-3-2-8(7-19)11(16)4-9/h2-6,20H,1H3. The summed E-state index contributed by atoms with van der Waals surface area (Å²) < 4.78 is 58.3. The molecule has 2 aromatic rings. The van der Waals surface area contributed by atoms with E-state index in [-0.39, 0.29) is 15.5 Å². The highest BCUT2D eigenvalue weighted by atomic mass is 35.5. The van der Waals surface area contributed by atoms with Crippen LogP contribution in [-0.2, 0) is 14.8 Å². The fraction of sp³-hybridized carbons (Fsp3) is 0.0667. The van der Waals surface area contributed by atoms with Gasteiger partial charge in [-0.1, -0.05) is 11.6 Å². The molecule has 0 fully saturated rings. The third kappa shape index (κ3) is 3.87. The average molecular weight is 387 g/mol. The van der Waals surface area contributed by atoms with Gasteiger partial charge in [-0.3, -0.25) is 4.72 Å². The molecule has 0 aliphatic carbocycles. The van der Waals surface area contributed by atoms with Crippen molar-refractivity contribution in [3.05, 3.63) is 58.1 Å². The van der Waals surface area contributed by atoms with Gasteiger partial charge in [-0.25, -0.2) is 22.0 Å². The fourth-order valence-electron chi connectivity index (χ4n) is 1.85. The average Bonchev–Trinajstić information content (AvgIpc) is 2.56. The number of nitrogens with zero attached hydrogens (tertiary/aromatic N) is 1. The number of carbonyl (C=O) groups is 1. The van der Waals surface area contributed by atoms with E-state index in [2.05, 4.69) is 4.74 Å². The SMILES string of the molecule is COC(=O)c1cc(NS(=O)(=O)c2ccc(C#N)c(Cl)c2)c(F)cc1F. The van der Waals surface area contributed by atoms with Gasteiger partial charge in [-0.15, -0.1) is 0 Å². The number of ether oxygens (including phenoxy) is 1. The first kappa shape index (κ1) is 18.6. The smallest absolute Gasteiger partial charge is 0.340 e. The Bertz CT molecular complexity index is 1000. The monoisotopic (exact) mass is 386 g/mol. The minimum atomic E-state index is -4.30. The van der Waals surface area contributed by atoms with Crippen molar-refractivity contribution in [1.29, 1.82) is 5.26 Å². The van der Waals surface area contributed by atoms with Crippen molar-refractivity contribution in [3.63, 3.8) is 0 Å². The number of nitrogens with one attached hydrogen (secondary N) is 1. The number of halogens is 3. The molecule has 0 radical (unpaired) electrons. The zero-order valence-corrected chi connectivity index (χ0v) is 14.1. The molecule has 2 rings (SSSR count). The van der Waals surface area contributed by atoms with Gasteiger partial charge >= 0.3 is 5.97 Å². The largest absolute Gasteiger partial charge is 0.465 e. The second-order valence-corrected chi connectivity index (χ2v) is 6.75. The van der Waals surface area contributed by atoms with Crippen LogP contribution in [0, 0.1) is 23.0 Å². The molecule has 6 nitrogen and oxygen atoms in total. The number of esters is 1. The lowest BCUT2D eigenvalue weighted by Gasteiger charge is -2.11. The molecular weight excluding hydrogens is 378 g/mol. The summed E-state index contributed by atoms with van der Waals surface area (Å²) >= 11 is 5.78. The van der Waals surface area contributed by atoms with Crippen LogP contribution in [0.1, 0.15) is 15.9 Å². The lowest BCUT2D eigenvalue weighted by Crippen LogP contribution is -2.15. The van der Waals surface area contributed by atoms with Crippen LogP contribution in [0.2, 0.25) is 5.02 Å². The summed E-state index contributed by atoms with van der Waals surface area (Å²) in [6, 6.07) is 6.08. The van der Waals surface area contributed by atoms with Crippen molar-refractivity contribution in [3.8, 4) is 6.07 Å². The van der Waals surface area contributed by atoms with E-state index in [1.54, 1.807) is 6.07 Å². The summed E-state index contributed by atoms with van der Waals surface area (Å²) in [5.74, 6) is -3.53. The highest BCUT2D eigenvalue weighted by Crippen LogP contribution is 2.25. The van der Waals surface area contributed by atoms with Gasteiger partial charge < -0.3 is 4.74 Å². The van der Waals surface area contributed by atoms with Crippen molar-refractivity contribution in [2.45, 2.75) is 4.90 Å². The van der Waals surface area contributed by atoms with Gasteiger partial charge in [-0.2, -0.15) is 5.26 Å². The molecule has 0 unspecified atom stereocenters. The molecule has 25 heavy (non-hydrogen) atoms. The third-order valence-electron chi connectivity index (χ3n) is 3.08. The number of sulfonamides is 1. The van der Waals surface area contributed by atoms with E-state index in [4.69, 9.17) is 16.9 Å². The van der Waals surface area contributed by atoms with E-state index in [1.807, 2.05) is 4.72 Å². The van der Waals surface area contributed by atoms with Crippen LogP contribution >= 0.6 is 11.6 Å². The predicted molar refractivity (Wildman–Crippen MR) is 84.7 cm³/mol. The van der Waals surface area contributed by atoms with Crippen molar-refractivity contribution in [2.24, 2.45) is 0 Å². The third-order valence-corrected chi connectivity index (χ3v) is 4.75. The summed E-state index contributed by atoms with van der Waals surface area (Å²) in [7, 11) is -3.31. The molecule has 0 amide bonds. The quantitative estimate of drug-likeness (QED) is 0.814. The molecule has 0 heterocycles.